The highest BCUT2D eigenvalue weighted by atomic mass is 35.5. The molecule has 0 spiro atoms. The van der Waals surface area contributed by atoms with Crippen LogP contribution in [0.4, 0.5) is 16.1 Å². The van der Waals surface area contributed by atoms with Crippen LogP contribution >= 0.6 is 11.6 Å². The molecule has 1 aromatic heterocycles. The van der Waals surface area contributed by atoms with E-state index < -0.39 is 12.2 Å². The molecular formula is C29H33ClFN3O6. The lowest BCUT2D eigenvalue weighted by atomic mass is 9.87. The second-order valence-corrected chi connectivity index (χ2v) is 10.6. The summed E-state index contributed by atoms with van der Waals surface area (Å²) in [4.78, 5) is 31.0. The fraction of sp³-hybridized carbons (Fsp3) is 0.483. The molecule has 11 heteroatoms. The first kappa shape index (κ1) is 28.5. The number of esters is 1. The number of Topliss-reactive ketones (excluding diaryl/α,β-unsaturated/α-hetero) is 1. The Labute approximate surface area is 236 Å². The van der Waals surface area contributed by atoms with Crippen LogP contribution < -0.4 is 5.32 Å². The third kappa shape index (κ3) is 6.80. The van der Waals surface area contributed by atoms with Gasteiger partial charge in [0.05, 0.1) is 29.8 Å². The van der Waals surface area contributed by atoms with Gasteiger partial charge in [-0.15, -0.1) is 0 Å². The van der Waals surface area contributed by atoms with Crippen molar-refractivity contribution in [1.82, 2.24) is 9.88 Å². The maximum absolute atomic E-state index is 15.3. The lowest BCUT2D eigenvalue weighted by Crippen LogP contribution is -2.42. The fourth-order valence-corrected chi connectivity index (χ4v) is 5.43. The summed E-state index contributed by atoms with van der Waals surface area (Å²) in [6.45, 7) is 1.42. The molecule has 0 bridgehead atoms. The van der Waals surface area contributed by atoms with Crippen LogP contribution in [0.5, 0.6) is 0 Å². The number of nitrogens with zero attached hydrogens (tertiary/aromatic N) is 2. The molecule has 1 aliphatic heterocycles. The third-order valence-electron chi connectivity index (χ3n) is 7.42. The van der Waals surface area contributed by atoms with Gasteiger partial charge in [-0.05, 0) is 62.3 Å². The van der Waals surface area contributed by atoms with E-state index in [2.05, 4.69) is 15.2 Å². The molecule has 40 heavy (non-hydrogen) atoms. The first-order chi connectivity index (χ1) is 19.4. The van der Waals surface area contributed by atoms with Crippen molar-refractivity contribution >= 4 is 46.2 Å². The average Bonchev–Trinajstić information content (AvgIpc) is 3.65. The van der Waals surface area contributed by atoms with Gasteiger partial charge in [0.1, 0.15) is 12.1 Å². The molecule has 0 amide bonds. The molecule has 214 valence electrons. The van der Waals surface area contributed by atoms with Crippen LogP contribution in [0.25, 0.3) is 11.1 Å². The smallest absolute Gasteiger partial charge is 0.308 e. The van der Waals surface area contributed by atoms with Crippen LogP contribution in [-0.2, 0) is 30.2 Å². The standard InChI is InChI=1S/C29H33ClFN3O6/c1-37-27(36)18-8-11-21(12-9-18)39-29(34-14-4-5-15-34)38-17-20(35)16-19-10-13-24-26(25(19)31)40-28(33-24)32-23-7-3-2-6-22(23)30/h2-3,6-7,10,13,18,21,29H,4-5,8-9,11-12,14-17H2,1H3,(H,32,33)/t18-,21-,29?. The van der Waals surface area contributed by atoms with Crippen molar-refractivity contribution in [1.29, 1.82) is 0 Å². The van der Waals surface area contributed by atoms with E-state index in [1.54, 1.807) is 30.3 Å². The number of methoxy groups -OCH3 is 1. The Morgan fingerprint density at radius 1 is 1.15 bits per heavy atom. The number of benzene rings is 2. The zero-order valence-corrected chi connectivity index (χ0v) is 23.1. The second-order valence-electron chi connectivity index (χ2n) is 10.2. The second kappa shape index (κ2) is 13.1. The Morgan fingerprint density at radius 2 is 1.90 bits per heavy atom. The fourth-order valence-electron chi connectivity index (χ4n) is 5.25. The molecule has 5 rings (SSSR count). The van der Waals surface area contributed by atoms with Gasteiger partial charge in [0, 0.05) is 19.5 Å². The van der Waals surface area contributed by atoms with Gasteiger partial charge in [0.15, 0.2) is 17.2 Å². The molecule has 0 radical (unpaired) electrons. The van der Waals surface area contributed by atoms with Gasteiger partial charge in [0.2, 0.25) is 6.41 Å². The number of likely N-dealkylation sites (tertiary alicyclic amines) is 1. The van der Waals surface area contributed by atoms with Crippen LogP contribution in [0.1, 0.15) is 44.1 Å². The topological polar surface area (TPSA) is 103 Å². The first-order valence-electron chi connectivity index (χ1n) is 13.6. The number of ketones is 1. The maximum atomic E-state index is 15.3. The van der Waals surface area contributed by atoms with Gasteiger partial charge in [-0.3, -0.25) is 14.5 Å². The van der Waals surface area contributed by atoms with Gasteiger partial charge >= 0.3 is 5.97 Å². The molecule has 1 unspecified atom stereocenters. The van der Waals surface area contributed by atoms with Crippen LogP contribution in [0, 0.1) is 11.7 Å². The monoisotopic (exact) mass is 573 g/mol. The Hall–Kier alpha value is -3.05. The summed E-state index contributed by atoms with van der Waals surface area (Å²) >= 11 is 6.17. The highest BCUT2D eigenvalue weighted by Crippen LogP contribution is 2.31. The molecule has 1 atom stereocenters. The SMILES string of the molecule is COC(=O)[C@H]1CC[C@H](OC(OCC(=O)Cc2ccc3nc(Nc4ccccc4Cl)oc3c2F)N2CCCC2)CC1. The van der Waals surface area contributed by atoms with Gasteiger partial charge in [-0.2, -0.15) is 4.98 Å². The third-order valence-corrected chi connectivity index (χ3v) is 7.75. The van der Waals surface area contributed by atoms with Crippen molar-refractivity contribution in [3.63, 3.8) is 0 Å². The molecule has 1 N–H and O–H groups in total. The zero-order chi connectivity index (χ0) is 28.1. The number of aromatic nitrogens is 1. The lowest BCUT2D eigenvalue weighted by molar-refractivity contribution is -0.243. The van der Waals surface area contributed by atoms with E-state index in [-0.39, 0.29) is 54.0 Å². The Balaban J connectivity index is 1.19. The molecular weight excluding hydrogens is 541 g/mol. The van der Waals surface area contributed by atoms with Gasteiger partial charge in [-0.25, -0.2) is 4.39 Å². The van der Waals surface area contributed by atoms with E-state index in [1.807, 2.05) is 0 Å². The molecule has 3 aromatic rings. The number of hydrogen-bond donors (Lipinski definition) is 1. The summed E-state index contributed by atoms with van der Waals surface area (Å²) < 4.78 is 38.0. The van der Waals surface area contributed by atoms with Gasteiger partial charge in [-0.1, -0.05) is 29.8 Å². The summed E-state index contributed by atoms with van der Waals surface area (Å²) in [6, 6.07) is 10.3. The summed E-state index contributed by atoms with van der Waals surface area (Å²) in [5.41, 5.74) is 1.06. The number of hydrogen-bond acceptors (Lipinski definition) is 9. The number of oxazole rings is 1. The van der Waals surface area contributed by atoms with Crippen molar-refractivity contribution in [3.8, 4) is 0 Å². The number of ether oxygens (including phenoxy) is 3. The number of anilines is 2. The molecule has 1 saturated carbocycles. The number of rotatable bonds is 11. The predicted octanol–water partition coefficient (Wildman–Crippen LogP) is 5.62. The number of carbonyl (C=O) groups is 2. The minimum atomic E-state index is -0.661. The van der Waals surface area contributed by atoms with E-state index in [0.29, 0.717) is 29.1 Å². The van der Waals surface area contributed by atoms with Gasteiger partial charge < -0.3 is 23.9 Å². The van der Waals surface area contributed by atoms with Crippen molar-refractivity contribution < 1.29 is 32.6 Å². The molecule has 2 heterocycles. The zero-order valence-electron chi connectivity index (χ0n) is 22.4. The van der Waals surface area contributed by atoms with Gasteiger partial charge in [0.25, 0.3) is 6.01 Å². The van der Waals surface area contributed by atoms with E-state index in [1.165, 1.54) is 13.2 Å². The minimum absolute atomic E-state index is 0.0402. The Bertz CT molecular complexity index is 1340. The normalized spacial score (nSPS) is 20.5. The van der Waals surface area contributed by atoms with Crippen LogP contribution in [0.2, 0.25) is 5.02 Å². The number of halogens is 2. The van der Waals surface area contributed by atoms with Crippen LogP contribution in [0.15, 0.2) is 40.8 Å². The van der Waals surface area contributed by atoms with Crippen molar-refractivity contribution in [2.45, 2.75) is 57.5 Å². The molecule has 2 aromatic carbocycles. The maximum Gasteiger partial charge on any atom is 0.308 e. The van der Waals surface area contributed by atoms with E-state index in [9.17, 15) is 9.59 Å². The number of nitrogens with one attached hydrogen (secondary N) is 1. The molecule has 2 aliphatic rings. The van der Waals surface area contributed by atoms with E-state index in [0.717, 1.165) is 38.8 Å². The highest BCUT2D eigenvalue weighted by Gasteiger charge is 2.32. The average molecular weight is 574 g/mol. The first-order valence-corrected chi connectivity index (χ1v) is 14.0. The van der Waals surface area contributed by atoms with Crippen molar-refractivity contribution in [3.05, 3.63) is 52.8 Å². The summed E-state index contributed by atoms with van der Waals surface area (Å²) in [5, 5.41) is 3.42. The molecule has 2 fully saturated rings. The molecule has 1 saturated heterocycles. The predicted molar refractivity (Wildman–Crippen MR) is 147 cm³/mol. The minimum Gasteiger partial charge on any atom is -0.469 e. The lowest BCUT2D eigenvalue weighted by Gasteiger charge is -2.34. The Morgan fingerprint density at radius 3 is 2.62 bits per heavy atom. The number of para-hydroxylation sites is 1. The quantitative estimate of drug-likeness (QED) is 0.231. The van der Waals surface area contributed by atoms with Crippen LogP contribution in [0.3, 0.4) is 0 Å². The van der Waals surface area contributed by atoms with Crippen LogP contribution in [-0.4, -0.2) is 61.0 Å². The summed E-state index contributed by atoms with van der Waals surface area (Å²) in [6.07, 6.45) is 4.00. The largest absolute Gasteiger partial charge is 0.469 e. The summed E-state index contributed by atoms with van der Waals surface area (Å²) in [7, 11) is 1.41. The Kier molecular flexibility index (Phi) is 9.31. The molecule has 1 aliphatic carbocycles. The number of carbonyl (C=O) groups excluding carboxylic acids is 2. The highest BCUT2D eigenvalue weighted by molar-refractivity contribution is 6.33. The summed E-state index contributed by atoms with van der Waals surface area (Å²) in [5.74, 6) is -1.20. The van der Waals surface area contributed by atoms with E-state index >= 15 is 4.39 Å². The van der Waals surface area contributed by atoms with Crippen molar-refractivity contribution in [2.24, 2.45) is 5.92 Å². The molecule has 9 nitrogen and oxygen atoms in total. The van der Waals surface area contributed by atoms with Crippen molar-refractivity contribution in [2.75, 3.05) is 32.1 Å². The number of fused-ring (bicyclic) bond motifs is 1. The van der Waals surface area contributed by atoms with E-state index in [4.69, 9.17) is 30.2 Å².